The lowest BCUT2D eigenvalue weighted by Gasteiger charge is -2.38. The maximum atomic E-state index is 13.3. The van der Waals surface area contributed by atoms with Gasteiger partial charge < -0.3 is 10.0 Å². The van der Waals surface area contributed by atoms with Gasteiger partial charge >= 0.3 is 0 Å². The molecule has 0 radical (unpaired) electrons. The third-order valence-electron chi connectivity index (χ3n) is 4.98. The second kappa shape index (κ2) is 6.24. The van der Waals surface area contributed by atoms with Gasteiger partial charge in [-0.1, -0.05) is 0 Å². The highest BCUT2D eigenvalue weighted by molar-refractivity contribution is 7.85. The largest absolute Gasteiger partial charge is 0.388 e. The van der Waals surface area contributed by atoms with E-state index < -0.39 is 22.1 Å². The lowest BCUT2D eigenvalue weighted by Crippen LogP contribution is -2.37. The average molecular weight is 361 g/mol. The number of nitrogens with zero attached hydrogens (tertiary/aromatic N) is 1. The first-order valence-electron chi connectivity index (χ1n) is 8.08. The summed E-state index contributed by atoms with van der Waals surface area (Å²) in [6.07, 6.45) is 0.374. The van der Waals surface area contributed by atoms with E-state index in [1.807, 2.05) is 4.90 Å². The van der Waals surface area contributed by atoms with Gasteiger partial charge in [0, 0.05) is 37.2 Å². The maximum absolute atomic E-state index is 13.3. The van der Waals surface area contributed by atoms with E-state index in [2.05, 4.69) is 0 Å². The molecule has 1 heterocycles. The van der Waals surface area contributed by atoms with Crippen molar-refractivity contribution >= 4 is 15.8 Å². The molecule has 0 amide bonds. The van der Waals surface area contributed by atoms with Crippen molar-refractivity contribution in [2.45, 2.75) is 49.0 Å². The Bertz CT molecular complexity index is 713. The molecule has 1 atom stereocenters. The summed E-state index contributed by atoms with van der Waals surface area (Å²) >= 11 is 0. The van der Waals surface area contributed by atoms with E-state index in [9.17, 15) is 22.3 Å². The number of hydrogen-bond acceptors (Lipinski definition) is 4. The Kier molecular flexibility index (Phi) is 4.57. The number of benzene rings is 1. The smallest absolute Gasteiger partial charge is 0.294 e. The van der Waals surface area contributed by atoms with Crippen LogP contribution in [0.4, 0.5) is 14.5 Å². The molecule has 0 spiro atoms. The summed E-state index contributed by atoms with van der Waals surface area (Å²) in [7, 11) is -4.33. The minimum absolute atomic E-state index is 0.0946. The van der Waals surface area contributed by atoms with Gasteiger partial charge in [0.15, 0.2) is 0 Å². The van der Waals surface area contributed by atoms with Gasteiger partial charge in [-0.3, -0.25) is 4.55 Å². The minimum atomic E-state index is -4.33. The molecule has 0 saturated heterocycles. The molecule has 0 aromatic heterocycles. The second-order valence-corrected chi connectivity index (χ2v) is 8.17. The number of halogens is 2. The highest BCUT2D eigenvalue weighted by atomic mass is 32.2. The van der Waals surface area contributed by atoms with Crippen molar-refractivity contribution in [3.05, 3.63) is 23.8 Å². The van der Waals surface area contributed by atoms with Crippen LogP contribution in [0.2, 0.25) is 0 Å². The summed E-state index contributed by atoms with van der Waals surface area (Å²) in [5, 5.41) is 10.1. The lowest BCUT2D eigenvalue weighted by molar-refractivity contribution is -0.0449. The Balaban J connectivity index is 1.80. The molecule has 3 rings (SSSR count). The molecule has 1 saturated carbocycles. The summed E-state index contributed by atoms with van der Waals surface area (Å²) < 4.78 is 58.3. The molecule has 2 aliphatic rings. The van der Waals surface area contributed by atoms with Crippen molar-refractivity contribution in [3.63, 3.8) is 0 Å². The predicted octanol–water partition coefficient (Wildman–Crippen LogP) is 3.00. The van der Waals surface area contributed by atoms with Crippen LogP contribution in [0.3, 0.4) is 0 Å². The molecule has 0 bridgehead atoms. The third kappa shape index (κ3) is 3.70. The van der Waals surface area contributed by atoms with Gasteiger partial charge in [-0.2, -0.15) is 8.42 Å². The van der Waals surface area contributed by atoms with Gasteiger partial charge in [-0.05, 0) is 43.4 Å². The first-order valence-corrected chi connectivity index (χ1v) is 9.52. The Hall–Kier alpha value is -1.25. The molecule has 1 aliphatic carbocycles. The minimum Gasteiger partial charge on any atom is -0.388 e. The zero-order chi connectivity index (χ0) is 17.5. The fraction of sp³-hybridized carbons (Fsp3) is 0.625. The van der Waals surface area contributed by atoms with E-state index in [0.29, 0.717) is 43.6 Å². The van der Waals surface area contributed by atoms with Gasteiger partial charge in [0.1, 0.15) is 0 Å². The highest BCUT2D eigenvalue weighted by Crippen LogP contribution is 2.39. The Labute approximate surface area is 140 Å². The standard InChI is InChI=1S/C16H21F2NO4S/c17-16(18)6-3-11(4-7-16)10-19-8-5-15(20)13-9-12(24(21,22)23)1-2-14(13)19/h1-2,9,11,15,20H,3-8,10H2,(H,21,22,23). The van der Waals surface area contributed by atoms with Gasteiger partial charge in [-0.25, -0.2) is 8.78 Å². The molecule has 134 valence electrons. The van der Waals surface area contributed by atoms with Crippen molar-refractivity contribution in [3.8, 4) is 0 Å². The number of rotatable bonds is 3. The SMILES string of the molecule is O=S(=O)(O)c1ccc2c(c1)C(O)CCN2CC1CCC(F)(F)CC1. The van der Waals surface area contributed by atoms with Crippen LogP contribution in [0, 0.1) is 5.92 Å². The van der Waals surface area contributed by atoms with Crippen LogP contribution in [0.5, 0.6) is 0 Å². The molecule has 8 heteroatoms. The Morgan fingerprint density at radius 2 is 1.88 bits per heavy atom. The van der Waals surface area contributed by atoms with Crippen molar-refractivity contribution in [2.75, 3.05) is 18.0 Å². The van der Waals surface area contributed by atoms with Crippen LogP contribution in [0.1, 0.15) is 43.8 Å². The second-order valence-electron chi connectivity index (χ2n) is 6.75. The number of aliphatic hydroxyl groups is 1. The summed E-state index contributed by atoms with van der Waals surface area (Å²) in [6.45, 7) is 1.20. The van der Waals surface area contributed by atoms with Gasteiger partial charge in [0.25, 0.3) is 10.1 Å². The zero-order valence-corrected chi connectivity index (χ0v) is 14.0. The third-order valence-corrected chi connectivity index (χ3v) is 5.83. The van der Waals surface area contributed by atoms with Gasteiger partial charge in [0.2, 0.25) is 5.92 Å². The van der Waals surface area contributed by atoms with Crippen LogP contribution in [-0.4, -0.2) is 37.1 Å². The van der Waals surface area contributed by atoms with E-state index in [1.165, 1.54) is 12.1 Å². The first-order chi connectivity index (χ1) is 11.2. The summed E-state index contributed by atoms with van der Waals surface area (Å²) in [4.78, 5) is 1.77. The molecule has 1 aromatic carbocycles. The quantitative estimate of drug-likeness (QED) is 0.810. The molecular weight excluding hydrogens is 340 g/mol. The van der Waals surface area contributed by atoms with Crippen LogP contribution in [0.15, 0.2) is 23.1 Å². The summed E-state index contributed by atoms with van der Waals surface area (Å²) in [6, 6.07) is 4.16. The molecule has 5 nitrogen and oxygen atoms in total. The fourth-order valence-corrected chi connectivity index (χ4v) is 4.10. The molecule has 1 aromatic rings. The van der Waals surface area contributed by atoms with E-state index >= 15 is 0 Å². The molecule has 2 N–H and O–H groups in total. The van der Waals surface area contributed by atoms with Crippen LogP contribution >= 0.6 is 0 Å². The van der Waals surface area contributed by atoms with Crippen molar-refractivity contribution in [2.24, 2.45) is 5.92 Å². The Morgan fingerprint density at radius 3 is 2.50 bits per heavy atom. The Morgan fingerprint density at radius 1 is 1.21 bits per heavy atom. The van der Waals surface area contributed by atoms with Gasteiger partial charge in [0.05, 0.1) is 11.0 Å². The predicted molar refractivity (Wildman–Crippen MR) is 85.0 cm³/mol. The molecule has 1 aliphatic heterocycles. The monoisotopic (exact) mass is 361 g/mol. The van der Waals surface area contributed by atoms with Crippen molar-refractivity contribution < 1.29 is 26.9 Å². The number of fused-ring (bicyclic) bond motifs is 1. The van der Waals surface area contributed by atoms with Crippen LogP contribution in [0.25, 0.3) is 0 Å². The van der Waals surface area contributed by atoms with Gasteiger partial charge in [-0.15, -0.1) is 0 Å². The summed E-state index contributed by atoms with van der Waals surface area (Å²) in [5.74, 6) is -2.40. The molecule has 1 unspecified atom stereocenters. The number of aliphatic hydroxyl groups excluding tert-OH is 1. The number of hydrogen-bond donors (Lipinski definition) is 2. The maximum Gasteiger partial charge on any atom is 0.294 e. The van der Waals surface area contributed by atoms with Crippen LogP contribution < -0.4 is 4.90 Å². The number of anilines is 1. The highest BCUT2D eigenvalue weighted by Gasteiger charge is 2.36. The number of alkyl halides is 2. The molecular formula is C16H21F2NO4S. The molecule has 1 fully saturated rings. The van der Waals surface area contributed by atoms with Crippen molar-refractivity contribution in [1.82, 2.24) is 0 Å². The van der Waals surface area contributed by atoms with E-state index in [-0.39, 0.29) is 23.7 Å². The average Bonchev–Trinajstić information content (AvgIpc) is 2.51. The topological polar surface area (TPSA) is 77.8 Å². The van der Waals surface area contributed by atoms with E-state index in [1.54, 1.807) is 6.07 Å². The summed E-state index contributed by atoms with van der Waals surface area (Å²) in [5.41, 5.74) is 1.16. The fourth-order valence-electron chi connectivity index (χ4n) is 3.59. The first kappa shape index (κ1) is 17.6. The molecule has 24 heavy (non-hydrogen) atoms. The normalized spacial score (nSPS) is 24.7. The van der Waals surface area contributed by atoms with Crippen LogP contribution in [-0.2, 0) is 10.1 Å². The van der Waals surface area contributed by atoms with E-state index in [4.69, 9.17) is 4.55 Å². The lowest BCUT2D eigenvalue weighted by atomic mass is 9.85. The van der Waals surface area contributed by atoms with Crippen molar-refractivity contribution in [1.29, 1.82) is 0 Å². The van der Waals surface area contributed by atoms with E-state index in [0.717, 1.165) is 0 Å². The zero-order valence-electron chi connectivity index (χ0n) is 13.2.